The molecule has 7 heteroatoms. The van der Waals surface area contributed by atoms with Crippen LogP contribution in [0, 0.1) is 11.6 Å². The Labute approximate surface area is 137 Å². The van der Waals surface area contributed by atoms with E-state index in [0.29, 0.717) is 18.4 Å². The van der Waals surface area contributed by atoms with Crippen molar-refractivity contribution >= 4 is 17.6 Å². The minimum atomic E-state index is -0.920. The first-order valence-corrected chi connectivity index (χ1v) is 7.15. The molecule has 126 valence electrons. The van der Waals surface area contributed by atoms with Gasteiger partial charge in [-0.15, -0.1) is 0 Å². The summed E-state index contributed by atoms with van der Waals surface area (Å²) in [6.07, 6.45) is 0. The number of rotatable bonds is 6. The van der Waals surface area contributed by atoms with Crippen molar-refractivity contribution in [3.05, 3.63) is 59.7 Å². The number of hydrogen-bond donors (Lipinski definition) is 1. The minimum absolute atomic E-state index is 0.181. The number of esters is 1. The molecule has 0 aliphatic carbocycles. The smallest absolute Gasteiger partial charge is 0.342 e. The summed E-state index contributed by atoms with van der Waals surface area (Å²) < 4.78 is 36.4. The van der Waals surface area contributed by atoms with Crippen LogP contribution >= 0.6 is 0 Å². The van der Waals surface area contributed by atoms with E-state index >= 15 is 0 Å². The molecule has 24 heavy (non-hydrogen) atoms. The fourth-order valence-corrected chi connectivity index (χ4v) is 1.90. The Kier molecular flexibility index (Phi) is 5.83. The molecule has 0 saturated heterocycles. The van der Waals surface area contributed by atoms with Gasteiger partial charge in [0.15, 0.2) is 6.61 Å². The third-order valence-corrected chi connectivity index (χ3v) is 2.95. The standard InChI is InChI=1S/C17H15F2NO4/c1-2-23-15-6-4-3-5-12(15)17(22)24-10-16(21)20-14-8-7-11(18)9-13(14)19/h3-9H,2,10H2,1H3,(H,20,21). The molecule has 2 rings (SSSR count). The van der Waals surface area contributed by atoms with Crippen LogP contribution in [0.15, 0.2) is 42.5 Å². The lowest BCUT2D eigenvalue weighted by Gasteiger charge is -2.10. The molecule has 0 spiro atoms. The van der Waals surface area contributed by atoms with Crippen LogP contribution in [0.3, 0.4) is 0 Å². The first-order chi connectivity index (χ1) is 11.5. The van der Waals surface area contributed by atoms with Crippen molar-refractivity contribution in [1.29, 1.82) is 0 Å². The van der Waals surface area contributed by atoms with Gasteiger partial charge in [-0.1, -0.05) is 12.1 Å². The SMILES string of the molecule is CCOc1ccccc1C(=O)OCC(=O)Nc1ccc(F)cc1F. The predicted octanol–water partition coefficient (Wildman–Crippen LogP) is 3.16. The zero-order chi connectivity index (χ0) is 17.5. The summed E-state index contributed by atoms with van der Waals surface area (Å²) in [4.78, 5) is 23.7. The van der Waals surface area contributed by atoms with Gasteiger partial charge >= 0.3 is 5.97 Å². The Bertz CT molecular complexity index is 749. The van der Waals surface area contributed by atoms with Crippen LogP contribution in [0.2, 0.25) is 0 Å². The molecule has 0 saturated carbocycles. The second-order valence-corrected chi connectivity index (χ2v) is 4.68. The molecule has 0 aliphatic heterocycles. The largest absolute Gasteiger partial charge is 0.493 e. The van der Waals surface area contributed by atoms with Crippen LogP contribution < -0.4 is 10.1 Å². The van der Waals surface area contributed by atoms with Crippen LogP contribution in [0.25, 0.3) is 0 Å². The van der Waals surface area contributed by atoms with Crippen LogP contribution in [0.4, 0.5) is 14.5 Å². The number of carbonyl (C=O) groups excluding carboxylic acids is 2. The highest BCUT2D eigenvalue weighted by molar-refractivity contribution is 5.96. The Morgan fingerprint density at radius 1 is 1.12 bits per heavy atom. The van der Waals surface area contributed by atoms with E-state index in [1.807, 2.05) is 0 Å². The van der Waals surface area contributed by atoms with Crippen molar-refractivity contribution in [3.8, 4) is 5.75 Å². The normalized spacial score (nSPS) is 10.1. The van der Waals surface area contributed by atoms with E-state index in [2.05, 4.69) is 5.32 Å². The maximum absolute atomic E-state index is 13.4. The second kappa shape index (κ2) is 8.05. The van der Waals surface area contributed by atoms with Crippen LogP contribution in [-0.4, -0.2) is 25.1 Å². The first kappa shape index (κ1) is 17.4. The van der Waals surface area contributed by atoms with Gasteiger partial charge in [-0.3, -0.25) is 4.79 Å². The molecule has 0 fully saturated rings. The van der Waals surface area contributed by atoms with Crippen LogP contribution in [-0.2, 0) is 9.53 Å². The lowest BCUT2D eigenvalue weighted by molar-refractivity contribution is -0.119. The van der Waals surface area contributed by atoms with Crippen molar-refractivity contribution in [3.63, 3.8) is 0 Å². The third kappa shape index (κ3) is 4.52. The number of halogens is 2. The molecule has 1 N–H and O–H groups in total. The van der Waals surface area contributed by atoms with Gasteiger partial charge in [-0.2, -0.15) is 0 Å². The highest BCUT2D eigenvalue weighted by Crippen LogP contribution is 2.19. The molecule has 0 atom stereocenters. The maximum atomic E-state index is 13.4. The fraction of sp³-hybridized carbons (Fsp3) is 0.176. The lowest BCUT2D eigenvalue weighted by Crippen LogP contribution is -2.21. The van der Waals surface area contributed by atoms with E-state index in [-0.39, 0.29) is 11.3 Å². The Hall–Kier alpha value is -2.96. The highest BCUT2D eigenvalue weighted by atomic mass is 19.1. The number of benzene rings is 2. The van der Waals surface area contributed by atoms with E-state index in [4.69, 9.17) is 9.47 Å². The number of anilines is 1. The number of nitrogens with one attached hydrogen (secondary N) is 1. The van der Waals surface area contributed by atoms with Crippen molar-refractivity contribution in [2.24, 2.45) is 0 Å². The summed E-state index contributed by atoms with van der Waals surface area (Å²) in [7, 11) is 0. The zero-order valence-corrected chi connectivity index (χ0v) is 12.8. The van der Waals surface area contributed by atoms with E-state index < -0.39 is 30.1 Å². The van der Waals surface area contributed by atoms with E-state index in [0.717, 1.165) is 12.1 Å². The topological polar surface area (TPSA) is 64.6 Å². The van der Waals surface area contributed by atoms with Gasteiger partial charge in [0, 0.05) is 6.07 Å². The minimum Gasteiger partial charge on any atom is -0.493 e. The Morgan fingerprint density at radius 3 is 2.58 bits per heavy atom. The van der Waals surface area contributed by atoms with Gasteiger partial charge in [-0.25, -0.2) is 13.6 Å². The summed E-state index contributed by atoms with van der Waals surface area (Å²) in [5, 5.41) is 2.19. The number of amides is 1. The molecule has 0 heterocycles. The van der Waals surface area contributed by atoms with E-state index in [1.165, 1.54) is 6.07 Å². The number of para-hydroxylation sites is 1. The summed E-state index contributed by atoms with van der Waals surface area (Å²) in [5.74, 6) is -2.83. The van der Waals surface area contributed by atoms with Gasteiger partial charge < -0.3 is 14.8 Å². The Balaban J connectivity index is 1.95. The molecule has 0 radical (unpaired) electrons. The van der Waals surface area contributed by atoms with E-state index in [9.17, 15) is 18.4 Å². The molecule has 0 bridgehead atoms. The van der Waals surface area contributed by atoms with E-state index in [1.54, 1.807) is 25.1 Å². The van der Waals surface area contributed by atoms with Gasteiger partial charge in [-0.05, 0) is 31.2 Å². The number of ether oxygens (including phenoxy) is 2. The quantitative estimate of drug-likeness (QED) is 0.824. The summed E-state index contributed by atoms with van der Waals surface area (Å²) in [6.45, 7) is 1.53. The zero-order valence-electron chi connectivity index (χ0n) is 12.8. The number of carbonyl (C=O) groups is 2. The van der Waals surface area contributed by atoms with Crippen molar-refractivity contribution in [1.82, 2.24) is 0 Å². The average molecular weight is 335 g/mol. The molecule has 0 aromatic heterocycles. The van der Waals surface area contributed by atoms with Crippen molar-refractivity contribution in [2.75, 3.05) is 18.5 Å². The first-order valence-electron chi connectivity index (χ1n) is 7.15. The molecule has 0 unspecified atom stereocenters. The maximum Gasteiger partial charge on any atom is 0.342 e. The summed E-state index contributed by atoms with van der Waals surface area (Å²) in [6, 6.07) is 9.16. The molecule has 5 nitrogen and oxygen atoms in total. The summed E-state index contributed by atoms with van der Waals surface area (Å²) >= 11 is 0. The van der Waals surface area contributed by atoms with Gasteiger partial charge in [0.05, 0.1) is 12.3 Å². The predicted molar refractivity (Wildman–Crippen MR) is 82.9 cm³/mol. The molecule has 0 aliphatic rings. The van der Waals surface area contributed by atoms with Crippen molar-refractivity contribution < 1.29 is 27.8 Å². The average Bonchev–Trinajstić information content (AvgIpc) is 2.56. The molecule has 1 amide bonds. The molecule has 2 aromatic carbocycles. The Morgan fingerprint density at radius 2 is 1.88 bits per heavy atom. The third-order valence-electron chi connectivity index (χ3n) is 2.95. The molecular formula is C17H15F2NO4. The fourth-order valence-electron chi connectivity index (χ4n) is 1.90. The van der Waals surface area contributed by atoms with Gasteiger partial charge in [0.25, 0.3) is 5.91 Å². The summed E-state index contributed by atoms with van der Waals surface area (Å²) in [5.41, 5.74) is -0.0210. The van der Waals surface area contributed by atoms with Crippen LogP contribution in [0.1, 0.15) is 17.3 Å². The monoisotopic (exact) mass is 335 g/mol. The second-order valence-electron chi connectivity index (χ2n) is 4.68. The van der Waals surface area contributed by atoms with Gasteiger partial charge in [0.2, 0.25) is 0 Å². The number of hydrogen-bond acceptors (Lipinski definition) is 4. The van der Waals surface area contributed by atoms with Gasteiger partial charge in [0.1, 0.15) is 22.9 Å². The molecule has 2 aromatic rings. The highest BCUT2D eigenvalue weighted by Gasteiger charge is 2.15. The lowest BCUT2D eigenvalue weighted by atomic mass is 10.2. The molecular weight excluding hydrogens is 320 g/mol. The van der Waals surface area contributed by atoms with Crippen molar-refractivity contribution in [2.45, 2.75) is 6.92 Å². The van der Waals surface area contributed by atoms with Crippen LogP contribution in [0.5, 0.6) is 5.75 Å².